The summed E-state index contributed by atoms with van der Waals surface area (Å²) in [4.78, 5) is 1.89. The van der Waals surface area contributed by atoms with Crippen LogP contribution in [0.1, 0.15) is 35.6 Å². The number of nitrogens with zero attached hydrogens (tertiary/aromatic N) is 1. The summed E-state index contributed by atoms with van der Waals surface area (Å²) < 4.78 is 85.9. The third-order valence-electron chi connectivity index (χ3n) is 5.26. The molecule has 1 aromatic carbocycles. The van der Waals surface area contributed by atoms with E-state index < -0.39 is 29.5 Å². The maximum Gasteiger partial charge on any atom is 0.416 e. The van der Waals surface area contributed by atoms with E-state index in [2.05, 4.69) is 5.32 Å². The van der Waals surface area contributed by atoms with E-state index in [9.17, 15) is 26.3 Å². The van der Waals surface area contributed by atoms with Gasteiger partial charge in [0.05, 0.1) is 11.1 Å². The van der Waals surface area contributed by atoms with E-state index in [1.165, 1.54) is 0 Å². The van der Waals surface area contributed by atoms with Crippen LogP contribution < -0.4 is 5.32 Å². The average Bonchev–Trinajstić information content (AvgIpc) is 2.62. The highest BCUT2D eigenvalue weighted by atomic mass is 19.4. The number of halogens is 6. The van der Waals surface area contributed by atoms with E-state index >= 15 is 0 Å². The Labute approximate surface area is 153 Å². The molecule has 3 rings (SSSR count). The van der Waals surface area contributed by atoms with E-state index in [1.807, 2.05) is 4.90 Å². The third-order valence-corrected chi connectivity index (χ3v) is 5.26. The average molecular weight is 396 g/mol. The van der Waals surface area contributed by atoms with Crippen LogP contribution in [-0.4, -0.2) is 44.3 Å². The molecule has 3 nitrogen and oxygen atoms in total. The predicted octanol–water partition coefficient (Wildman–Crippen LogP) is 4.10. The lowest BCUT2D eigenvalue weighted by Crippen LogP contribution is -2.48. The third kappa shape index (κ3) is 4.75. The molecule has 27 heavy (non-hydrogen) atoms. The van der Waals surface area contributed by atoms with Gasteiger partial charge in [-0.25, -0.2) is 0 Å². The summed E-state index contributed by atoms with van der Waals surface area (Å²) in [6.45, 7) is 3.01. The Kier molecular flexibility index (Phi) is 6.02. The lowest BCUT2D eigenvalue weighted by molar-refractivity contribution is -0.142. The Morgan fingerprint density at radius 3 is 2.15 bits per heavy atom. The molecule has 1 aromatic rings. The first-order valence-electron chi connectivity index (χ1n) is 8.99. The molecule has 1 N–H and O–H groups in total. The van der Waals surface area contributed by atoms with E-state index in [0.717, 1.165) is 0 Å². The zero-order chi connectivity index (χ0) is 19.7. The summed E-state index contributed by atoms with van der Waals surface area (Å²) in [7, 11) is 0. The van der Waals surface area contributed by atoms with Gasteiger partial charge >= 0.3 is 12.4 Å². The fourth-order valence-electron chi connectivity index (χ4n) is 3.98. The molecule has 2 aliphatic rings. The summed E-state index contributed by atoms with van der Waals surface area (Å²) in [5.74, 6) is -0.179. The lowest BCUT2D eigenvalue weighted by atomic mass is 9.82. The van der Waals surface area contributed by atoms with Crippen molar-refractivity contribution in [2.45, 2.75) is 31.2 Å². The van der Waals surface area contributed by atoms with Crippen molar-refractivity contribution in [2.24, 2.45) is 5.92 Å². The Morgan fingerprint density at radius 1 is 0.963 bits per heavy atom. The monoisotopic (exact) mass is 396 g/mol. The molecule has 0 saturated carbocycles. The van der Waals surface area contributed by atoms with Crippen LogP contribution in [0.25, 0.3) is 0 Å². The van der Waals surface area contributed by atoms with Gasteiger partial charge in [0, 0.05) is 45.4 Å². The van der Waals surface area contributed by atoms with Gasteiger partial charge in [0.25, 0.3) is 0 Å². The van der Waals surface area contributed by atoms with E-state index in [1.54, 1.807) is 0 Å². The van der Waals surface area contributed by atoms with Gasteiger partial charge in [-0.05, 0) is 42.5 Å². The molecule has 0 aliphatic carbocycles. The number of alkyl halides is 6. The Hall–Kier alpha value is -1.32. The van der Waals surface area contributed by atoms with Crippen LogP contribution in [0, 0.1) is 5.92 Å². The normalized spacial score (nSPS) is 22.0. The molecule has 0 radical (unpaired) electrons. The summed E-state index contributed by atoms with van der Waals surface area (Å²) in [5.41, 5.74) is -2.30. The molecule has 0 aromatic heterocycles. The zero-order valence-electron chi connectivity index (χ0n) is 14.7. The molecule has 0 unspecified atom stereocenters. The van der Waals surface area contributed by atoms with E-state index in [4.69, 9.17) is 4.74 Å². The standard InChI is InChI=1S/C18H22F6N2O/c19-17(20,21)13-1-2-15(18(22,23)24)14(11-13)16(12-3-9-27-10-4-12)26-7-5-25-6-8-26/h1-2,11-12,16,25H,3-10H2/t16-/m0/s1. The second kappa shape index (κ2) is 7.97. The van der Waals surface area contributed by atoms with Crippen molar-refractivity contribution in [2.75, 3.05) is 39.4 Å². The highest BCUT2D eigenvalue weighted by molar-refractivity contribution is 5.38. The Balaban J connectivity index is 2.10. The van der Waals surface area contributed by atoms with Gasteiger partial charge in [0.15, 0.2) is 0 Å². The van der Waals surface area contributed by atoms with Crippen LogP contribution >= 0.6 is 0 Å². The van der Waals surface area contributed by atoms with Gasteiger partial charge in [-0.2, -0.15) is 26.3 Å². The molecule has 9 heteroatoms. The first-order valence-corrected chi connectivity index (χ1v) is 8.99. The largest absolute Gasteiger partial charge is 0.416 e. The molecule has 2 aliphatic heterocycles. The van der Waals surface area contributed by atoms with Crippen LogP contribution in [0.4, 0.5) is 26.3 Å². The second-order valence-corrected chi connectivity index (χ2v) is 6.98. The Morgan fingerprint density at radius 2 is 1.59 bits per heavy atom. The Bertz CT molecular complexity index is 616. The second-order valence-electron chi connectivity index (χ2n) is 6.98. The molecule has 2 fully saturated rings. The molecule has 152 valence electrons. The van der Waals surface area contributed by atoms with Gasteiger partial charge in [-0.15, -0.1) is 0 Å². The molecule has 0 bridgehead atoms. The van der Waals surface area contributed by atoms with Crippen LogP contribution in [0.2, 0.25) is 0 Å². The molecule has 1 atom stereocenters. The maximum absolute atomic E-state index is 13.6. The summed E-state index contributed by atoms with van der Waals surface area (Å²) in [6.07, 6.45) is -8.34. The van der Waals surface area contributed by atoms with Crippen LogP contribution in [0.15, 0.2) is 18.2 Å². The number of ether oxygens (including phenoxy) is 1. The van der Waals surface area contributed by atoms with Crippen molar-refractivity contribution >= 4 is 0 Å². The van der Waals surface area contributed by atoms with Crippen molar-refractivity contribution in [1.82, 2.24) is 10.2 Å². The van der Waals surface area contributed by atoms with Gasteiger partial charge in [0.2, 0.25) is 0 Å². The highest BCUT2D eigenvalue weighted by Gasteiger charge is 2.42. The zero-order valence-corrected chi connectivity index (χ0v) is 14.7. The molecular formula is C18H22F6N2O. The van der Waals surface area contributed by atoms with Crippen molar-refractivity contribution in [3.8, 4) is 0 Å². The summed E-state index contributed by atoms with van der Waals surface area (Å²) in [6, 6.07) is 1.08. The van der Waals surface area contributed by atoms with Gasteiger partial charge in [-0.3, -0.25) is 4.90 Å². The number of piperazine rings is 1. The van der Waals surface area contributed by atoms with Crippen LogP contribution in [-0.2, 0) is 17.1 Å². The number of benzene rings is 1. The first-order chi connectivity index (χ1) is 12.7. The topological polar surface area (TPSA) is 24.5 Å². The van der Waals surface area contributed by atoms with Crippen molar-refractivity contribution in [1.29, 1.82) is 0 Å². The highest BCUT2D eigenvalue weighted by Crippen LogP contribution is 2.44. The molecule has 2 saturated heterocycles. The van der Waals surface area contributed by atoms with Crippen molar-refractivity contribution in [3.63, 3.8) is 0 Å². The SMILES string of the molecule is FC(F)(F)c1ccc(C(F)(F)F)c([C@H](C2CCOCC2)N2CCNCC2)c1. The maximum atomic E-state index is 13.6. The first kappa shape index (κ1) is 20.4. The van der Waals surface area contributed by atoms with E-state index in [-0.39, 0.29) is 11.5 Å². The fraction of sp³-hybridized carbons (Fsp3) is 0.667. The van der Waals surface area contributed by atoms with Crippen LogP contribution in [0.5, 0.6) is 0 Å². The smallest absolute Gasteiger partial charge is 0.381 e. The minimum Gasteiger partial charge on any atom is -0.381 e. The van der Waals surface area contributed by atoms with Gasteiger partial charge < -0.3 is 10.1 Å². The molecule has 2 heterocycles. The fourth-order valence-corrected chi connectivity index (χ4v) is 3.98. The molecule has 0 amide bonds. The van der Waals surface area contributed by atoms with Crippen molar-refractivity contribution < 1.29 is 31.1 Å². The number of rotatable bonds is 3. The molecular weight excluding hydrogens is 374 g/mol. The number of hydrogen-bond donors (Lipinski definition) is 1. The quantitative estimate of drug-likeness (QED) is 0.779. The molecule has 0 spiro atoms. The van der Waals surface area contributed by atoms with E-state index in [0.29, 0.717) is 70.4 Å². The minimum absolute atomic E-state index is 0.179. The minimum atomic E-state index is -4.71. The van der Waals surface area contributed by atoms with Crippen molar-refractivity contribution in [3.05, 3.63) is 34.9 Å². The summed E-state index contributed by atoms with van der Waals surface area (Å²) in [5, 5.41) is 3.14. The number of nitrogens with one attached hydrogen (secondary N) is 1. The lowest BCUT2D eigenvalue weighted by Gasteiger charge is -2.42. The number of hydrogen-bond acceptors (Lipinski definition) is 3. The van der Waals surface area contributed by atoms with Crippen LogP contribution in [0.3, 0.4) is 0 Å². The van der Waals surface area contributed by atoms with Gasteiger partial charge in [0.1, 0.15) is 0 Å². The van der Waals surface area contributed by atoms with Gasteiger partial charge in [-0.1, -0.05) is 0 Å². The summed E-state index contributed by atoms with van der Waals surface area (Å²) >= 11 is 0. The predicted molar refractivity (Wildman–Crippen MR) is 87.2 cm³/mol.